The zero-order valence-electron chi connectivity index (χ0n) is 14.7. The molecule has 2 saturated heterocycles. The lowest BCUT2D eigenvalue weighted by atomic mass is 9.98. The number of esters is 3. The van der Waals surface area contributed by atoms with E-state index in [1.165, 1.54) is 34.8 Å². The summed E-state index contributed by atoms with van der Waals surface area (Å²) in [6, 6.07) is 0. The molecule has 1 unspecified atom stereocenters. The third-order valence-corrected chi connectivity index (χ3v) is 3.70. The van der Waals surface area contributed by atoms with Crippen LogP contribution in [0.15, 0.2) is 0 Å². The zero-order valence-corrected chi connectivity index (χ0v) is 14.7. The quantitative estimate of drug-likeness (QED) is 0.484. The molecule has 2 rings (SSSR count). The first-order valence-electron chi connectivity index (χ1n) is 7.69. The van der Waals surface area contributed by atoms with Crippen molar-refractivity contribution in [2.45, 2.75) is 64.4 Å². The summed E-state index contributed by atoms with van der Waals surface area (Å²) in [5, 5.41) is 0. The fourth-order valence-electron chi connectivity index (χ4n) is 2.67. The van der Waals surface area contributed by atoms with Crippen LogP contribution in [0.1, 0.15) is 27.7 Å². The highest BCUT2D eigenvalue weighted by molar-refractivity contribution is 5.67. The predicted octanol–water partition coefficient (Wildman–Crippen LogP) is -0.127. The fraction of sp³-hybridized carbons (Fsp3) is 0.800. The number of carbonyl (C=O) groups excluding carboxylic acids is 3. The second-order valence-electron chi connectivity index (χ2n) is 5.76. The molecule has 0 N–H and O–H groups in total. The normalized spacial score (nSPS) is 37.1. The molecule has 2 heterocycles. The summed E-state index contributed by atoms with van der Waals surface area (Å²) in [5.74, 6) is -3.19. The van der Waals surface area contributed by atoms with E-state index < -0.39 is 54.6 Å². The van der Waals surface area contributed by atoms with Crippen molar-refractivity contribution in [3.8, 4) is 0 Å². The largest absolute Gasteiger partial charge is 0.463 e. The lowest BCUT2D eigenvalue weighted by molar-refractivity contribution is -0.334. The Morgan fingerprint density at radius 2 is 1.56 bits per heavy atom. The summed E-state index contributed by atoms with van der Waals surface area (Å²) in [6.45, 7) is 4.93. The molecule has 25 heavy (non-hydrogen) atoms. The molecule has 0 bridgehead atoms. The molecule has 6 atom stereocenters. The number of rotatable bonds is 5. The molecule has 0 aliphatic carbocycles. The van der Waals surface area contributed by atoms with Gasteiger partial charge in [-0.05, 0) is 0 Å². The molecule has 0 aromatic heterocycles. The fourth-order valence-corrected chi connectivity index (χ4v) is 2.67. The highest BCUT2D eigenvalue weighted by Gasteiger charge is 2.59. The second kappa shape index (κ2) is 7.65. The van der Waals surface area contributed by atoms with Crippen molar-refractivity contribution in [2.75, 3.05) is 13.7 Å². The van der Waals surface area contributed by atoms with Gasteiger partial charge >= 0.3 is 17.9 Å². The first-order valence-corrected chi connectivity index (χ1v) is 7.69. The van der Waals surface area contributed by atoms with E-state index in [-0.39, 0.29) is 6.61 Å². The van der Waals surface area contributed by atoms with Crippen LogP contribution in [-0.4, -0.2) is 68.3 Å². The maximum Gasteiger partial charge on any atom is 0.303 e. The van der Waals surface area contributed by atoms with E-state index in [1.54, 1.807) is 0 Å². The van der Waals surface area contributed by atoms with E-state index >= 15 is 0 Å². The molecule has 0 saturated carbocycles. The Morgan fingerprint density at radius 3 is 2.08 bits per heavy atom. The topological polar surface area (TPSA) is 116 Å². The third-order valence-electron chi connectivity index (χ3n) is 3.70. The smallest absolute Gasteiger partial charge is 0.303 e. The molecule has 0 aromatic carbocycles. The first-order chi connectivity index (χ1) is 11.6. The molecule has 0 aromatic rings. The van der Waals surface area contributed by atoms with Gasteiger partial charge in [0.1, 0.15) is 12.7 Å². The molecular formula is C15H22O10. The highest BCUT2D eigenvalue weighted by atomic mass is 16.9. The molecular weight excluding hydrogens is 340 g/mol. The second-order valence-corrected chi connectivity index (χ2v) is 5.76. The standard InChI is InChI=1S/C15H22O10/c1-7(16)20-6-10-11(21-8(2)17)12(22-9(3)18)13-14(23-10)25-15(4,19-5)24-13/h10-14H,6H2,1-5H3/t10-,11+,12+,13-,14-,15?/m1/s1. The van der Waals surface area contributed by atoms with Crippen LogP contribution in [0.3, 0.4) is 0 Å². The molecule has 0 spiro atoms. The Bertz CT molecular complexity index is 534. The van der Waals surface area contributed by atoms with E-state index in [1.807, 2.05) is 0 Å². The summed E-state index contributed by atoms with van der Waals surface area (Å²) in [6.07, 6.45) is -4.86. The van der Waals surface area contributed by atoms with E-state index in [0.29, 0.717) is 0 Å². The van der Waals surface area contributed by atoms with Crippen molar-refractivity contribution >= 4 is 17.9 Å². The van der Waals surface area contributed by atoms with Crippen molar-refractivity contribution in [2.24, 2.45) is 0 Å². The molecule has 0 radical (unpaired) electrons. The average molecular weight is 362 g/mol. The summed E-state index contributed by atoms with van der Waals surface area (Å²) in [5.41, 5.74) is 0. The SMILES string of the molecule is COC1(C)O[C@H]2O[C@H](COC(C)=O)[C@H](OC(C)=O)[C@H](OC(C)=O)[C@H]2O1. The number of hydrogen-bond donors (Lipinski definition) is 0. The van der Waals surface area contributed by atoms with E-state index in [2.05, 4.69) is 0 Å². The number of hydrogen-bond acceptors (Lipinski definition) is 10. The van der Waals surface area contributed by atoms with Crippen LogP contribution in [0.5, 0.6) is 0 Å². The van der Waals surface area contributed by atoms with Crippen molar-refractivity contribution in [1.29, 1.82) is 0 Å². The van der Waals surface area contributed by atoms with Gasteiger partial charge in [-0.2, -0.15) is 0 Å². The first kappa shape index (κ1) is 19.6. The van der Waals surface area contributed by atoms with Gasteiger partial charge in [-0.1, -0.05) is 0 Å². The molecule has 2 aliphatic heterocycles. The molecule has 142 valence electrons. The highest BCUT2D eigenvalue weighted by Crippen LogP contribution is 2.39. The van der Waals surface area contributed by atoms with Crippen molar-refractivity contribution in [1.82, 2.24) is 0 Å². The van der Waals surface area contributed by atoms with Crippen molar-refractivity contribution in [3.63, 3.8) is 0 Å². The van der Waals surface area contributed by atoms with Crippen molar-refractivity contribution in [3.05, 3.63) is 0 Å². The number of ether oxygens (including phenoxy) is 7. The minimum atomic E-state index is -1.43. The Morgan fingerprint density at radius 1 is 0.960 bits per heavy atom. The minimum Gasteiger partial charge on any atom is -0.463 e. The number of methoxy groups -OCH3 is 1. The van der Waals surface area contributed by atoms with Crippen LogP contribution in [0, 0.1) is 0 Å². The minimum absolute atomic E-state index is 0.221. The lowest BCUT2D eigenvalue weighted by Crippen LogP contribution is -2.60. The third kappa shape index (κ3) is 4.66. The summed E-state index contributed by atoms with van der Waals surface area (Å²) >= 11 is 0. The van der Waals surface area contributed by atoms with Gasteiger partial charge in [-0.3, -0.25) is 19.1 Å². The molecule has 10 nitrogen and oxygen atoms in total. The monoisotopic (exact) mass is 362 g/mol. The van der Waals surface area contributed by atoms with Crippen molar-refractivity contribution < 1.29 is 47.5 Å². The Kier molecular flexibility index (Phi) is 5.99. The molecule has 0 amide bonds. The number of carbonyl (C=O) groups is 3. The van der Waals surface area contributed by atoms with Gasteiger partial charge in [0.05, 0.1) is 0 Å². The van der Waals surface area contributed by atoms with Crippen LogP contribution in [-0.2, 0) is 47.5 Å². The Balaban J connectivity index is 2.29. The zero-order chi connectivity index (χ0) is 18.8. The average Bonchev–Trinajstić information content (AvgIpc) is 2.84. The van der Waals surface area contributed by atoms with E-state index in [9.17, 15) is 14.4 Å². The predicted molar refractivity (Wildman–Crippen MR) is 77.8 cm³/mol. The molecule has 2 fully saturated rings. The van der Waals surface area contributed by atoms with Crippen LogP contribution in [0.25, 0.3) is 0 Å². The maximum atomic E-state index is 11.5. The van der Waals surface area contributed by atoms with Gasteiger partial charge in [0, 0.05) is 34.8 Å². The number of fused-ring (bicyclic) bond motifs is 1. The Hall–Kier alpha value is -1.75. The lowest BCUT2D eigenvalue weighted by Gasteiger charge is -2.40. The van der Waals surface area contributed by atoms with Gasteiger partial charge in [0.2, 0.25) is 0 Å². The van der Waals surface area contributed by atoms with Crippen LogP contribution >= 0.6 is 0 Å². The van der Waals surface area contributed by atoms with Crippen LogP contribution in [0.4, 0.5) is 0 Å². The van der Waals surface area contributed by atoms with Gasteiger partial charge in [0.25, 0.3) is 5.97 Å². The summed E-state index contributed by atoms with van der Waals surface area (Å²) in [4.78, 5) is 34.1. The molecule has 10 heteroatoms. The van der Waals surface area contributed by atoms with Crippen LogP contribution in [0.2, 0.25) is 0 Å². The van der Waals surface area contributed by atoms with E-state index in [4.69, 9.17) is 33.2 Å². The summed E-state index contributed by atoms with van der Waals surface area (Å²) in [7, 11) is 1.37. The van der Waals surface area contributed by atoms with Gasteiger partial charge in [0.15, 0.2) is 24.6 Å². The van der Waals surface area contributed by atoms with Gasteiger partial charge in [-0.15, -0.1) is 0 Å². The van der Waals surface area contributed by atoms with Gasteiger partial charge in [-0.25, -0.2) is 0 Å². The Labute approximate surface area is 144 Å². The van der Waals surface area contributed by atoms with E-state index in [0.717, 1.165) is 0 Å². The van der Waals surface area contributed by atoms with Crippen LogP contribution < -0.4 is 0 Å². The maximum absolute atomic E-state index is 11.5. The summed E-state index contributed by atoms with van der Waals surface area (Å²) < 4.78 is 37.6. The molecule has 2 aliphatic rings. The van der Waals surface area contributed by atoms with Gasteiger partial charge < -0.3 is 28.4 Å².